The first-order valence-corrected chi connectivity index (χ1v) is 7.38. The second kappa shape index (κ2) is 6.62. The third-order valence-corrected chi connectivity index (χ3v) is 3.92. The number of nitrogens with zero attached hydrogens (tertiary/aromatic N) is 2. The standard InChI is InChI=1S/C14H16N2O4S/c1-9-3-4-10-11(7-9)16(6-5-13(19)20-2)14(15-10)21-8-12(17)18/h3-4,7H,5-6,8H2,1-2H3,(H,17,18). The van der Waals surface area contributed by atoms with Gasteiger partial charge in [0.25, 0.3) is 0 Å². The molecular formula is C14H16N2O4S. The molecule has 0 spiro atoms. The zero-order chi connectivity index (χ0) is 15.4. The predicted molar refractivity (Wildman–Crippen MR) is 79.5 cm³/mol. The fraction of sp³-hybridized carbons (Fsp3) is 0.357. The summed E-state index contributed by atoms with van der Waals surface area (Å²) < 4.78 is 6.52. The van der Waals surface area contributed by atoms with E-state index in [-0.39, 0.29) is 18.1 Å². The van der Waals surface area contributed by atoms with Crippen LogP contribution in [0.2, 0.25) is 0 Å². The second-order valence-electron chi connectivity index (χ2n) is 4.55. The lowest BCUT2D eigenvalue weighted by Crippen LogP contribution is -2.08. The maximum Gasteiger partial charge on any atom is 0.313 e. The van der Waals surface area contributed by atoms with Crippen LogP contribution in [0.25, 0.3) is 11.0 Å². The number of carboxylic acids is 1. The zero-order valence-corrected chi connectivity index (χ0v) is 12.6. The molecule has 0 saturated carbocycles. The van der Waals surface area contributed by atoms with Gasteiger partial charge < -0.3 is 14.4 Å². The zero-order valence-electron chi connectivity index (χ0n) is 11.8. The molecule has 0 amide bonds. The molecule has 2 rings (SSSR count). The third-order valence-electron chi connectivity index (χ3n) is 2.96. The van der Waals surface area contributed by atoms with Gasteiger partial charge in [-0.05, 0) is 24.6 Å². The number of carbonyl (C=O) groups excluding carboxylic acids is 1. The first kappa shape index (κ1) is 15.4. The highest BCUT2D eigenvalue weighted by molar-refractivity contribution is 7.99. The summed E-state index contributed by atoms with van der Waals surface area (Å²) >= 11 is 1.15. The van der Waals surface area contributed by atoms with E-state index in [0.717, 1.165) is 28.4 Å². The van der Waals surface area contributed by atoms with E-state index in [1.807, 2.05) is 29.7 Å². The van der Waals surface area contributed by atoms with Crippen molar-refractivity contribution in [2.24, 2.45) is 0 Å². The Bertz CT molecular complexity index is 681. The number of aromatic nitrogens is 2. The first-order valence-electron chi connectivity index (χ1n) is 6.39. The average Bonchev–Trinajstić information content (AvgIpc) is 2.79. The Hall–Kier alpha value is -2.02. The summed E-state index contributed by atoms with van der Waals surface area (Å²) in [6.07, 6.45) is 0.219. The number of aliphatic carboxylic acids is 1. The Labute approximate surface area is 126 Å². The van der Waals surface area contributed by atoms with Crippen LogP contribution in [0.4, 0.5) is 0 Å². The van der Waals surface area contributed by atoms with Gasteiger partial charge in [0.1, 0.15) is 0 Å². The smallest absolute Gasteiger partial charge is 0.313 e. The molecule has 0 radical (unpaired) electrons. The number of carbonyl (C=O) groups is 2. The van der Waals surface area contributed by atoms with Crippen molar-refractivity contribution in [1.82, 2.24) is 9.55 Å². The summed E-state index contributed by atoms with van der Waals surface area (Å²) in [7, 11) is 1.35. The lowest BCUT2D eigenvalue weighted by Gasteiger charge is -2.07. The molecule has 0 aliphatic rings. The molecule has 0 aliphatic carbocycles. The van der Waals surface area contributed by atoms with Gasteiger partial charge >= 0.3 is 11.9 Å². The van der Waals surface area contributed by atoms with Gasteiger partial charge in [-0.3, -0.25) is 9.59 Å². The van der Waals surface area contributed by atoms with Crippen LogP contribution in [0.15, 0.2) is 23.4 Å². The number of ether oxygens (including phenoxy) is 1. The third kappa shape index (κ3) is 3.75. The number of hydrogen-bond acceptors (Lipinski definition) is 5. The molecule has 0 atom stereocenters. The van der Waals surface area contributed by atoms with Crippen molar-refractivity contribution in [2.75, 3.05) is 12.9 Å². The van der Waals surface area contributed by atoms with Crippen molar-refractivity contribution in [3.05, 3.63) is 23.8 Å². The Morgan fingerprint density at radius 2 is 2.19 bits per heavy atom. The van der Waals surface area contributed by atoms with E-state index in [2.05, 4.69) is 9.72 Å². The van der Waals surface area contributed by atoms with E-state index in [4.69, 9.17) is 5.11 Å². The molecule has 0 unspecified atom stereocenters. The summed E-state index contributed by atoms with van der Waals surface area (Å²) in [5.41, 5.74) is 2.77. The topological polar surface area (TPSA) is 81.4 Å². The van der Waals surface area contributed by atoms with Gasteiger partial charge in [-0.1, -0.05) is 17.8 Å². The number of fused-ring (bicyclic) bond motifs is 1. The first-order chi connectivity index (χ1) is 10.0. The largest absolute Gasteiger partial charge is 0.481 e. The minimum atomic E-state index is -0.900. The van der Waals surface area contributed by atoms with Crippen LogP contribution < -0.4 is 0 Å². The lowest BCUT2D eigenvalue weighted by molar-refractivity contribution is -0.141. The van der Waals surface area contributed by atoms with Crippen LogP contribution in [-0.4, -0.2) is 39.5 Å². The Morgan fingerprint density at radius 3 is 2.86 bits per heavy atom. The number of rotatable bonds is 6. The number of carboxylic acid groups (broad SMARTS) is 1. The second-order valence-corrected chi connectivity index (χ2v) is 5.49. The minimum absolute atomic E-state index is 0.0689. The van der Waals surface area contributed by atoms with E-state index in [9.17, 15) is 9.59 Å². The van der Waals surface area contributed by atoms with Crippen molar-refractivity contribution in [2.45, 2.75) is 25.0 Å². The van der Waals surface area contributed by atoms with Gasteiger partial charge in [-0.2, -0.15) is 0 Å². The maximum atomic E-state index is 11.3. The van der Waals surface area contributed by atoms with Crippen molar-refractivity contribution >= 4 is 34.7 Å². The summed E-state index contributed by atoms with van der Waals surface area (Å²) in [5.74, 6) is -1.28. The number of aryl methyl sites for hydroxylation is 2. The fourth-order valence-electron chi connectivity index (χ4n) is 1.97. The molecule has 1 heterocycles. The van der Waals surface area contributed by atoms with Gasteiger partial charge in [0.2, 0.25) is 0 Å². The van der Waals surface area contributed by atoms with Crippen molar-refractivity contribution < 1.29 is 19.4 Å². The molecule has 1 aromatic carbocycles. The summed E-state index contributed by atoms with van der Waals surface area (Å²) in [4.78, 5) is 26.5. The van der Waals surface area contributed by atoms with Crippen LogP contribution in [0, 0.1) is 6.92 Å². The van der Waals surface area contributed by atoms with E-state index >= 15 is 0 Å². The summed E-state index contributed by atoms with van der Waals surface area (Å²) in [6.45, 7) is 2.38. The lowest BCUT2D eigenvalue weighted by atomic mass is 10.2. The Kier molecular flexibility index (Phi) is 4.85. The number of thioether (sulfide) groups is 1. The number of methoxy groups -OCH3 is 1. The van der Waals surface area contributed by atoms with Crippen molar-refractivity contribution in [1.29, 1.82) is 0 Å². The minimum Gasteiger partial charge on any atom is -0.481 e. The highest BCUT2D eigenvalue weighted by Crippen LogP contribution is 2.25. The molecule has 2 aromatic rings. The predicted octanol–water partition coefficient (Wildman–Crippen LogP) is 2.08. The number of esters is 1. The highest BCUT2D eigenvalue weighted by Gasteiger charge is 2.14. The van der Waals surface area contributed by atoms with Crippen LogP contribution >= 0.6 is 11.8 Å². The Balaban J connectivity index is 2.35. The number of imidazole rings is 1. The van der Waals surface area contributed by atoms with E-state index < -0.39 is 5.97 Å². The molecule has 7 heteroatoms. The molecule has 0 bridgehead atoms. The molecule has 1 aromatic heterocycles. The monoisotopic (exact) mass is 308 g/mol. The van der Waals surface area contributed by atoms with Crippen LogP contribution in [0.3, 0.4) is 0 Å². The van der Waals surface area contributed by atoms with Crippen molar-refractivity contribution in [3.8, 4) is 0 Å². The average molecular weight is 308 g/mol. The van der Waals surface area contributed by atoms with Gasteiger partial charge in [0.15, 0.2) is 5.16 Å². The van der Waals surface area contributed by atoms with Crippen LogP contribution in [0.5, 0.6) is 0 Å². The van der Waals surface area contributed by atoms with Crippen LogP contribution in [-0.2, 0) is 20.9 Å². The van der Waals surface area contributed by atoms with E-state index in [1.165, 1.54) is 7.11 Å². The molecular weight excluding hydrogens is 292 g/mol. The molecule has 0 saturated heterocycles. The van der Waals surface area contributed by atoms with Crippen LogP contribution in [0.1, 0.15) is 12.0 Å². The number of hydrogen-bond donors (Lipinski definition) is 1. The fourth-order valence-corrected chi connectivity index (χ4v) is 2.73. The molecule has 21 heavy (non-hydrogen) atoms. The molecule has 1 N–H and O–H groups in total. The van der Waals surface area contributed by atoms with E-state index in [1.54, 1.807) is 0 Å². The normalized spacial score (nSPS) is 10.8. The van der Waals surface area contributed by atoms with Gasteiger partial charge in [-0.15, -0.1) is 0 Å². The van der Waals surface area contributed by atoms with Crippen molar-refractivity contribution in [3.63, 3.8) is 0 Å². The number of benzene rings is 1. The van der Waals surface area contributed by atoms with Gasteiger partial charge in [-0.25, -0.2) is 4.98 Å². The Morgan fingerprint density at radius 1 is 1.43 bits per heavy atom. The van der Waals surface area contributed by atoms with E-state index in [0.29, 0.717) is 11.7 Å². The van der Waals surface area contributed by atoms with Gasteiger partial charge in [0.05, 0.1) is 30.3 Å². The molecule has 0 aliphatic heterocycles. The molecule has 0 fully saturated rings. The summed E-state index contributed by atoms with van der Waals surface area (Å²) in [5, 5.41) is 9.41. The molecule has 112 valence electrons. The highest BCUT2D eigenvalue weighted by atomic mass is 32.2. The van der Waals surface area contributed by atoms with Gasteiger partial charge in [0, 0.05) is 6.54 Å². The molecule has 6 nitrogen and oxygen atoms in total. The summed E-state index contributed by atoms with van der Waals surface area (Å²) in [6, 6.07) is 5.82. The quantitative estimate of drug-likeness (QED) is 0.650. The SMILES string of the molecule is COC(=O)CCn1c(SCC(=O)O)nc2ccc(C)cc21. The maximum absolute atomic E-state index is 11.3.